The SMILES string of the molecule is CCC1CCCN1[C@H]1CCC[C@@H]1O. The number of hydrogen-bond acceptors (Lipinski definition) is 2. The van der Waals surface area contributed by atoms with Crippen molar-refractivity contribution < 1.29 is 5.11 Å². The predicted molar refractivity (Wildman–Crippen MR) is 53.7 cm³/mol. The summed E-state index contributed by atoms with van der Waals surface area (Å²) in [6, 6.07) is 1.25. The van der Waals surface area contributed by atoms with Gasteiger partial charge in [-0.1, -0.05) is 6.92 Å². The van der Waals surface area contributed by atoms with Crippen molar-refractivity contribution in [3.05, 3.63) is 0 Å². The molecule has 2 fully saturated rings. The fraction of sp³-hybridized carbons (Fsp3) is 1.00. The highest BCUT2D eigenvalue weighted by Crippen LogP contribution is 2.31. The highest BCUT2D eigenvalue weighted by molar-refractivity contribution is 4.91. The molecule has 1 heterocycles. The Morgan fingerprint density at radius 2 is 2.08 bits per heavy atom. The van der Waals surface area contributed by atoms with Crippen LogP contribution in [0.25, 0.3) is 0 Å². The van der Waals surface area contributed by atoms with Gasteiger partial charge in [-0.15, -0.1) is 0 Å². The van der Waals surface area contributed by atoms with E-state index >= 15 is 0 Å². The molecule has 13 heavy (non-hydrogen) atoms. The van der Waals surface area contributed by atoms with Crippen molar-refractivity contribution in [1.82, 2.24) is 4.90 Å². The maximum atomic E-state index is 9.82. The van der Waals surface area contributed by atoms with Gasteiger partial charge < -0.3 is 5.11 Å². The van der Waals surface area contributed by atoms with Crippen LogP contribution in [0, 0.1) is 0 Å². The molecule has 1 saturated carbocycles. The van der Waals surface area contributed by atoms with Crippen LogP contribution in [0.1, 0.15) is 45.4 Å². The monoisotopic (exact) mass is 183 g/mol. The second-order valence-electron chi connectivity index (χ2n) is 4.51. The van der Waals surface area contributed by atoms with Crippen LogP contribution < -0.4 is 0 Å². The van der Waals surface area contributed by atoms with E-state index < -0.39 is 0 Å². The molecule has 0 radical (unpaired) electrons. The van der Waals surface area contributed by atoms with E-state index in [-0.39, 0.29) is 6.10 Å². The fourth-order valence-electron chi connectivity index (χ4n) is 3.04. The topological polar surface area (TPSA) is 23.5 Å². The molecule has 0 spiro atoms. The summed E-state index contributed by atoms with van der Waals surface area (Å²) in [5.41, 5.74) is 0. The number of nitrogens with zero attached hydrogens (tertiary/aromatic N) is 1. The van der Waals surface area contributed by atoms with Gasteiger partial charge in [-0.05, 0) is 45.1 Å². The number of aliphatic hydroxyl groups is 1. The van der Waals surface area contributed by atoms with E-state index in [1.807, 2.05) is 0 Å². The lowest BCUT2D eigenvalue weighted by atomic mass is 10.1. The quantitative estimate of drug-likeness (QED) is 0.705. The Labute approximate surface area is 80.9 Å². The van der Waals surface area contributed by atoms with Crippen molar-refractivity contribution >= 4 is 0 Å². The van der Waals surface area contributed by atoms with Crippen LogP contribution in [0.2, 0.25) is 0 Å². The van der Waals surface area contributed by atoms with Crippen LogP contribution in [0.4, 0.5) is 0 Å². The average Bonchev–Trinajstić information content (AvgIpc) is 2.71. The van der Waals surface area contributed by atoms with E-state index in [0.717, 1.165) is 12.5 Å². The summed E-state index contributed by atoms with van der Waals surface area (Å²) in [7, 11) is 0. The third-order valence-corrected chi connectivity index (χ3v) is 3.76. The molecule has 2 rings (SSSR count). The van der Waals surface area contributed by atoms with Gasteiger partial charge in [-0.3, -0.25) is 4.90 Å². The first-order chi connectivity index (χ1) is 6.33. The minimum absolute atomic E-state index is 0.0350. The van der Waals surface area contributed by atoms with E-state index in [1.165, 1.54) is 38.6 Å². The predicted octanol–water partition coefficient (Wildman–Crippen LogP) is 1.77. The minimum atomic E-state index is -0.0350. The highest BCUT2D eigenvalue weighted by atomic mass is 16.3. The first kappa shape index (κ1) is 9.47. The van der Waals surface area contributed by atoms with Crippen LogP contribution in [0.5, 0.6) is 0 Å². The van der Waals surface area contributed by atoms with Crippen LogP contribution in [0.15, 0.2) is 0 Å². The lowest BCUT2D eigenvalue weighted by Gasteiger charge is -2.31. The van der Waals surface area contributed by atoms with Gasteiger partial charge in [0.15, 0.2) is 0 Å². The lowest BCUT2D eigenvalue weighted by Crippen LogP contribution is -2.43. The summed E-state index contributed by atoms with van der Waals surface area (Å²) in [5, 5.41) is 9.82. The van der Waals surface area contributed by atoms with E-state index in [9.17, 15) is 5.11 Å². The van der Waals surface area contributed by atoms with Gasteiger partial charge in [0, 0.05) is 12.1 Å². The third kappa shape index (κ3) is 1.75. The average molecular weight is 183 g/mol. The van der Waals surface area contributed by atoms with Gasteiger partial charge in [0.05, 0.1) is 6.10 Å². The second kappa shape index (κ2) is 3.97. The Balaban J connectivity index is 1.98. The van der Waals surface area contributed by atoms with Crippen LogP contribution in [-0.4, -0.2) is 34.7 Å². The van der Waals surface area contributed by atoms with Gasteiger partial charge in [0.2, 0.25) is 0 Å². The number of likely N-dealkylation sites (tertiary alicyclic amines) is 1. The molecule has 2 aliphatic rings. The number of hydrogen-bond donors (Lipinski definition) is 1. The largest absolute Gasteiger partial charge is 0.391 e. The standard InChI is InChI=1S/C11H21NO/c1-2-9-5-4-8-12(9)10-6-3-7-11(10)13/h9-11,13H,2-8H2,1H3/t9?,10-,11-/m0/s1. The van der Waals surface area contributed by atoms with Crippen molar-refractivity contribution in [2.45, 2.75) is 63.6 Å². The van der Waals surface area contributed by atoms with Crippen molar-refractivity contribution in [3.8, 4) is 0 Å². The zero-order valence-corrected chi connectivity index (χ0v) is 8.58. The molecule has 1 aliphatic heterocycles. The molecular formula is C11H21NO. The van der Waals surface area contributed by atoms with Crippen molar-refractivity contribution in [3.63, 3.8) is 0 Å². The van der Waals surface area contributed by atoms with Gasteiger partial charge in [0.1, 0.15) is 0 Å². The zero-order chi connectivity index (χ0) is 9.26. The van der Waals surface area contributed by atoms with Crippen LogP contribution in [0.3, 0.4) is 0 Å². The highest BCUT2D eigenvalue weighted by Gasteiger charge is 2.36. The molecule has 0 aromatic heterocycles. The molecule has 0 aromatic carbocycles. The zero-order valence-electron chi connectivity index (χ0n) is 8.58. The molecule has 0 bridgehead atoms. The Bertz CT molecular complexity index is 171. The Morgan fingerprint density at radius 1 is 1.23 bits per heavy atom. The van der Waals surface area contributed by atoms with Crippen LogP contribution in [-0.2, 0) is 0 Å². The summed E-state index contributed by atoms with van der Waals surface area (Å²) >= 11 is 0. The molecule has 0 aromatic rings. The summed E-state index contributed by atoms with van der Waals surface area (Å²) in [5.74, 6) is 0. The lowest BCUT2D eigenvalue weighted by molar-refractivity contribution is 0.0620. The Hall–Kier alpha value is -0.0800. The van der Waals surface area contributed by atoms with E-state index in [2.05, 4.69) is 11.8 Å². The van der Waals surface area contributed by atoms with Gasteiger partial charge in [-0.25, -0.2) is 0 Å². The smallest absolute Gasteiger partial charge is 0.0695 e. The van der Waals surface area contributed by atoms with Gasteiger partial charge in [-0.2, -0.15) is 0 Å². The Morgan fingerprint density at radius 3 is 2.69 bits per heavy atom. The molecule has 0 amide bonds. The molecule has 1 unspecified atom stereocenters. The summed E-state index contributed by atoms with van der Waals surface area (Å²) in [6.07, 6.45) is 7.37. The molecule has 2 heteroatoms. The van der Waals surface area contributed by atoms with Gasteiger partial charge >= 0.3 is 0 Å². The van der Waals surface area contributed by atoms with E-state index in [0.29, 0.717) is 6.04 Å². The molecule has 1 aliphatic carbocycles. The maximum absolute atomic E-state index is 9.82. The second-order valence-corrected chi connectivity index (χ2v) is 4.51. The third-order valence-electron chi connectivity index (χ3n) is 3.76. The first-order valence-electron chi connectivity index (χ1n) is 5.76. The molecular weight excluding hydrogens is 162 g/mol. The first-order valence-corrected chi connectivity index (χ1v) is 5.76. The molecule has 1 N–H and O–H groups in total. The Kier molecular flexibility index (Phi) is 2.89. The molecule has 1 saturated heterocycles. The molecule has 76 valence electrons. The summed E-state index contributed by atoms with van der Waals surface area (Å²) in [4.78, 5) is 2.57. The summed E-state index contributed by atoms with van der Waals surface area (Å²) in [6.45, 7) is 3.49. The maximum Gasteiger partial charge on any atom is 0.0695 e. The van der Waals surface area contributed by atoms with Gasteiger partial charge in [0.25, 0.3) is 0 Å². The summed E-state index contributed by atoms with van der Waals surface area (Å²) < 4.78 is 0. The van der Waals surface area contributed by atoms with Crippen molar-refractivity contribution in [2.75, 3.05) is 6.54 Å². The van der Waals surface area contributed by atoms with E-state index in [1.54, 1.807) is 0 Å². The molecule has 2 nitrogen and oxygen atoms in total. The minimum Gasteiger partial charge on any atom is -0.391 e. The number of aliphatic hydroxyl groups excluding tert-OH is 1. The van der Waals surface area contributed by atoms with Crippen LogP contribution >= 0.6 is 0 Å². The fourth-order valence-corrected chi connectivity index (χ4v) is 3.04. The number of rotatable bonds is 2. The van der Waals surface area contributed by atoms with Crippen molar-refractivity contribution in [1.29, 1.82) is 0 Å². The van der Waals surface area contributed by atoms with Crippen molar-refractivity contribution in [2.24, 2.45) is 0 Å². The normalized spacial score (nSPS) is 41.5. The van der Waals surface area contributed by atoms with E-state index in [4.69, 9.17) is 0 Å². The molecule has 3 atom stereocenters.